The zero-order valence-corrected chi connectivity index (χ0v) is 14.9. The van der Waals surface area contributed by atoms with Crippen LogP contribution in [0.25, 0.3) is 0 Å². The van der Waals surface area contributed by atoms with Gasteiger partial charge in [0, 0.05) is 18.6 Å². The smallest absolute Gasteiger partial charge is 0.237 e. The second-order valence-electron chi connectivity index (χ2n) is 9.07. The van der Waals surface area contributed by atoms with E-state index in [4.69, 9.17) is 4.74 Å². The van der Waals surface area contributed by atoms with Crippen LogP contribution >= 0.6 is 0 Å². The summed E-state index contributed by atoms with van der Waals surface area (Å²) in [5.41, 5.74) is 0.129. The van der Waals surface area contributed by atoms with Gasteiger partial charge in [0.1, 0.15) is 0 Å². The molecule has 130 valence electrons. The quantitative estimate of drug-likeness (QED) is 0.869. The van der Waals surface area contributed by atoms with Gasteiger partial charge in [-0.25, -0.2) is 0 Å². The van der Waals surface area contributed by atoms with Crippen LogP contribution < -0.4 is 5.32 Å². The molecule has 5 aliphatic rings. The summed E-state index contributed by atoms with van der Waals surface area (Å²) < 4.78 is 5.81. The van der Waals surface area contributed by atoms with E-state index in [0.29, 0.717) is 0 Å². The third-order valence-corrected chi connectivity index (χ3v) is 6.80. The second kappa shape index (κ2) is 5.73. The Morgan fingerprint density at radius 3 is 2.00 bits per heavy atom. The Morgan fingerprint density at radius 2 is 1.52 bits per heavy atom. The minimum atomic E-state index is -0.0446. The average Bonchev–Trinajstić information content (AvgIpc) is 2.43. The summed E-state index contributed by atoms with van der Waals surface area (Å²) in [7, 11) is 0. The summed E-state index contributed by atoms with van der Waals surface area (Å²) in [6, 6.07) is -0.0446. The number of amides is 1. The lowest BCUT2D eigenvalue weighted by atomic mass is 9.53. The number of hydrogen-bond acceptors (Lipinski definition) is 3. The number of carbonyl (C=O) groups excluding carboxylic acids is 1. The highest BCUT2D eigenvalue weighted by Gasteiger charge is 2.51. The van der Waals surface area contributed by atoms with E-state index in [1.807, 2.05) is 0 Å². The molecular weight excluding hydrogens is 288 g/mol. The van der Waals surface area contributed by atoms with Gasteiger partial charge in [-0.1, -0.05) is 0 Å². The van der Waals surface area contributed by atoms with Gasteiger partial charge in [-0.05, 0) is 77.0 Å². The molecule has 1 aliphatic heterocycles. The van der Waals surface area contributed by atoms with Crippen LogP contribution in [0.3, 0.4) is 0 Å². The van der Waals surface area contributed by atoms with Crippen molar-refractivity contribution in [2.24, 2.45) is 17.8 Å². The van der Waals surface area contributed by atoms with Crippen LogP contribution in [0.4, 0.5) is 0 Å². The van der Waals surface area contributed by atoms with E-state index in [2.05, 4.69) is 31.0 Å². The van der Waals surface area contributed by atoms with Crippen LogP contribution in [0.15, 0.2) is 0 Å². The minimum absolute atomic E-state index is 0.0446. The number of ether oxygens (including phenoxy) is 1. The highest BCUT2D eigenvalue weighted by atomic mass is 16.5. The maximum Gasteiger partial charge on any atom is 0.237 e. The number of nitrogens with one attached hydrogen (secondary N) is 1. The fraction of sp³-hybridized carbons (Fsp3) is 0.947. The highest BCUT2D eigenvalue weighted by molar-refractivity contribution is 5.82. The number of nitrogens with zero attached hydrogens (tertiary/aromatic N) is 1. The topological polar surface area (TPSA) is 41.6 Å². The van der Waals surface area contributed by atoms with Crippen molar-refractivity contribution < 1.29 is 9.53 Å². The maximum atomic E-state index is 12.9. The maximum absolute atomic E-state index is 12.9. The standard InChI is InChI=1S/C19H32N2O2/c1-12-10-21(11-13(2)23-12)14(3)18(22)20-19-7-15-4-16(8-19)6-17(5-15)9-19/h12-17H,4-11H2,1-3H3,(H,20,22)/t12-,13-,14+,15?,16?,17?,19?/m0/s1. The van der Waals surface area contributed by atoms with Crippen LogP contribution in [0, 0.1) is 17.8 Å². The summed E-state index contributed by atoms with van der Waals surface area (Å²) >= 11 is 0. The van der Waals surface area contributed by atoms with E-state index >= 15 is 0 Å². The van der Waals surface area contributed by atoms with E-state index < -0.39 is 0 Å². The van der Waals surface area contributed by atoms with Gasteiger partial charge in [0.15, 0.2) is 0 Å². The van der Waals surface area contributed by atoms with Crippen molar-refractivity contribution >= 4 is 5.91 Å². The van der Waals surface area contributed by atoms with Crippen LogP contribution in [-0.2, 0) is 9.53 Å². The molecule has 23 heavy (non-hydrogen) atoms. The Balaban J connectivity index is 1.41. The number of rotatable bonds is 3. The summed E-state index contributed by atoms with van der Waals surface area (Å²) in [6.07, 6.45) is 8.38. The van der Waals surface area contributed by atoms with Crippen molar-refractivity contribution in [3.63, 3.8) is 0 Å². The van der Waals surface area contributed by atoms with Crippen LogP contribution in [0.5, 0.6) is 0 Å². The highest BCUT2D eigenvalue weighted by Crippen LogP contribution is 2.55. The Labute approximate surface area is 140 Å². The molecule has 1 saturated heterocycles. The Kier molecular flexibility index (Phi) is 3.96. The van der Waals surface area contributed by atoms with E-state index in [1.54, 1.807) is 0 Å². The molecule has 4 nitrogen and oxygen atoms in total. The molecule has 0 aromatic rings. The molecule has 0 aromatic heterocycles. The predicted molar refractivity (Wildman–Crippen MR) is 90.1 cm³/mol. The van der Waals surface area contributed by atoms with Gasteiger partial charge in [-0.2, -0.15) is 0 Å². The predicted octanol–water partition coefficient (Wildman–Crippen LogP) is 2.57. The van der Waals surface area contributed by atoms with Gasteiger partial charge in [0.25, 0.3) is 0 Å². The molecule has 0 spiro atoms. The monoisotopic (exact) mass is 320 g/mol. The number of carbonyl (C=O) groups is 1. The molecule has 4 bridgehead atoms. The number of hydrogen-bond donors (Lipinski definition) is 1. The second-order valence-corrected chi connectivity index (χ2v) is 9.07. The Hall–Kier alpha value is -0.610. The lowest BCUT2D eigenvalue weighted by molar-refractivity contribution is -0.137. The first-order valence-corrected chi connectivity index (χ1v) is 9.64. The van der Waals surface area contributed by atoms with E-state index in [1.165, 1.54) is 38.5 Å². The lowest BCUT2D eigenvalue weighted by Gasteiger charge is -2.57. The van der Waals surface area contributed by atoms with Crippen LogP contribution in [-0.4, -0.2) is 47.7 Å². The molecule has 5 rings (SSSR count). The summed E-state index contributed by atoms with van der Waals surface area (Å²) in [6.45, 7) is 8.00. The van der Waals surface area contributed by atoms with Gasteiger partial charge in [-0.3, -0.25) is 9.69 Å². The van der Waals surface area contributed by atoms with Crippen LogP contribution in [0.1, 0.15) is 59.3 Å². The van der Waals surface area contributed by atoms with E-state index in [-0.39, 0.29) is 29.7 Å². The largest absolute Gasteiger partial charge is 0.373 e. The Morgan fingerprint density at radius 1 is 1.04 bits per heavy atom. The molecule has 0 aromatic carbocycles. The summed E-state index contributed by atoms with van der Waals surface area (Å²) in [5, 5.41) is 3.53. The first-order chi connectivity index (χ1) is 10.9. The van der Waals surface area contributed by atoms with Crippen molar-refractivity contribution in [2.75, 3.05) is 13.1 Å². The van der Waals surface area contributed by atoms with Gasteiger partial charge in [0.05, 0.1) is 18.2 Å². The molecule has 0 unspecified atom stereocenters. The van der Waals surface area contributed by atoms with Crippen molar-refractivity contribution in [1.82, 2.24) is 10.2 Å². The third-order valence-electron chi connectivity index (χ3n) is 6.80. The molecule has 4 saturated carbocycles. The molecule has 5 fully saturated rings. The third kappa shape index (κ3) is 3.05. The fourth-order valence-corrected chi connectivity index (χ4v) is 6.33. The molecule has 0 radical (unpaired) electrons. The van der Waals surface area contributed by atoms with Crippen molar-refractivity contribution in [3.05, 3.63) is 0 Å². The van der Waals surface area contributed by atoms with Crippen LogP contribution in [0.2, 0.25) is 0 Å². The first-order valence-electron chi connectivity index (χ1n) is 9.64. The van der Waals surface area contributed by atoms with Gasteiger partial charge in [-0.15, -0.1) is 0 Å². The molecule has 1 heterocycles. The van der Waals surface area contributed by atoms with Gasteiger partial charge in [0.2, 0.25) is 5.91 Å². The normalized spacial score (nSPS) is 47.5. The van der Waals surface area contributed by atoms with Gasteiger partial charge < -0.3 is 10.1 Å². The molecule has 3 atom stereocenters. The molecule has 4 heteroatoms. The first kappa shape index (κ1) is 15.9. The zero-order valence-electron chi connectivity index (χ0n) is 14.9. The van der Waals surface area contributed by atoms with E-state index in [9.17, 15) is 4.79 Å². The zero-order chi connectivity index (χ0) is 16.2. The minimum Gasteiger partial charge on any atom is -0.373 e. The SMILES string of the molecule is C[C@H](C(=O)NC12CC3CC(CC(C3)C1)C2)N1C[C@H](C)O[C@@H](C)C1. The molecular formula is C19H32N2O2. The summed E-state index contributed by atoms with van der Waals surface area (Å²) in [5.74, 6) is 2.87. The fourth-order valence-electron chi connectivity index (χ4n) is 6.33. The van der Waals surface area contributed by atoms with Gasteiger partial charge >= 0.3 is 0 Å². The Bertz CT molecular complexity index is 433. The lowest BCUT2D eigenvalue weighted by Crippen LogP contribution is -2.63. The summed E-state index contributed by atoms with van der Waals surface area (Å²) in [4.78, 5) is 15.2. The molecule has 1 N–H and O–H groups in total. The van der Waals surface area contributed by atoms with Crippen molar-refractivity contribution in [3.8, 4) is 0 Å². The molecule has 1 amide bonds. The van der Waals surface area contributed by atoms with Crippen molar-refractivity contribution in [2.45, 2.75) is 83.1 Å². The average molecular weight is 320 g/mol. The van der Waals surface area contributed by atoms with E-state index in [0.717, 1.165) is 30.8 Å². The molecule has 4 aliphatic carbocycles. The number of morpholine rings is 1. The van der Waals surface area contributed by atoms with Crippen molar-refractivity contribution in [1.29, 1.82) is 0 Å².